The molecule has 2 N–H and O–H groups in total. The first-order valence-electron chi connectivity index (χ1n) is 17.0. The summed E-state index contributed by atoms with van der Waals surface area (Å²) in [6, 6.07) is 4.64. The molecule has 4 heterocycles. The number of hydrogen-bond acceptors (Lipinski definition) is 7. The van der Waals surface area contributed by atoms with Crippen molar-refractivity contribution in [1.82, 2.24) is 15.5 Å². The summed E-state index contributed by atoms with van der Waals surface area (Å²) in [5.74, 6) is 1.72. The zero-order chi connectivity index (χ0) is 31.4. The summed E-state index contributed by atoms with van der Waals surface area (Å²) >= 11 is 0. The minimum absolute atomic E-state index is 0.0492. The summed E-state index contributed by atoms with van der Waals surface area (Å²) in [4.78, 5) is 32.0. The van der Waals surface area contributed by atoms with E-state index in [1.54, 1.807) is 7.11 Å². The maximum absolute atomic E-state index is 14.2. The Morgan fingerprint density at radius 2 is 1.89 bits per heavy atom. The van der Waals surface area contributed by atoms with Crippen LogP contribution in [0.5, 0.6) is 0 Å². The summed E-state index contributed by atoms with van der Waals surface area (Å²) < 4.78 is 17.9. The summed E-state index contributed by atoms with van der Waals surface area (Å²) in [5, 5.41) is 7.02. The van der Waals surface area contributed by atoms with Gasteiger partial charge in [0.05, 0.1) is 24.1 Å². The number of carbonyl (C=O) groups is 2. The molecule has 9 heteroatoms. The van der Waals surface area contributed by atoms with Crippen molar-refractivity contribution in [3.05, 3.63) is 29.0 Å². The van der Waals surface area contributed by atoms with E-state index in [-0.39, 0.29) is 30.5 Å². The van der Waals surface area contributed by atoms with Gasteiger partial charge >= 0.3 is 0 Å². The predicted octanol–water partition coefficient (Wildman–Crippen LogP) is 5.14. The van der Waals surface area contributed by atoms with Crippen molar-refractivity contribution < 1.29 is 23.5 Å². The van der Waals surface area contributed by atoms with Gasteiger partial charge in [-0.2, -0.15) is 0 Å². The number of likely N-dealkylation sites (tertiary alicyclic amines) is 1. The average molecular weight is 611 g/mol. The van der Waals surface area contributed by atoms with E-state index in [2.05, 4.69) is 60.3 Å². The highest BCUT2D eigenvalue weighted by Crippen LogP contribution is 2.37. The zero-order valence-electron chi connectivity index (χ0n) is 27.7. The number of methoxy groups -OCH3 is 1. The van der Waals surface area contributed by atoms with Gasteiger partial charge in [-0.15, -0.1) is 0 Å². The normalized spacial score (nSPS) is 24.2. The Labute approximate surface area is 263 Å². The van der Waals surface area contributed by atoms with Gasteiger partial charge in [0.15, 0.2) is 0 Å². The molecule has 1 aromatic heterocycles. The van der Waals surface area contributed by atoms with E-state index in [1.165, 1.54) is 12.8 Å². The number of fused-ring (bicyclic) bond motifs is 1. The number of hydrogen-bond donors (Lipinski definition) is 2. The van der Waals surface area contributed by atoms with E-state index in [4.69, 9.17) is 13.9 Å². The minimum atomic E-state index is -0.438. The van der Waals surface area contributed by atoms with Gasteiger partial charge in [-0.05, 0) is 88.9 Å². The number of furan rings is 1. The van der Waals surface area contributed by atoms with Crippen molar-refractivity contribution in [3.8, 4) is 0 Å². The number of ether oxygens (including phenoxy) is 2. The van der Waals surface area contributed by atoms with Crippen LogP contribution in [-0.2, 0) is 27.2 Å². The lowest BCUT2D eigenvalue weighted by Gasteiger charge is -2.37. The SMILES string of the molecule is CCc1c(N(CC)C2CCOCC2)cc2oc(CN3CCC(C(C)C)CC3)cc2c1C(=O)NCC1C(=O)NC(C)CC1OC. The minimum Gasteiger partial charge on any atom is -0.460 e. The number of rotatable bonds is 11. The zero-order valence-corrected chi connectivity index (χ0v) is 27.7. The second kappa shape index (κ2) is 14.6. The van der Waals surface area contributed by atoms with Crippen LogP contribution in [0.25, 0.3) is 11.0 Å². The first-order valence-corrected chi connectivity index (χ1v) is 17.0. The van der Waals surface area contributed by atoms with E-state index < -0.39 is 5.92 Å². The lowest BCUT2D eigenvalue weighted by Crippen LogP contribution is -2.53. The van der Waals surface area contributed by atoms with Gasteiger partial charge in [-0.3, -0.25) is 14.5 Å². The Kier molecular flexibility index (Phi) is 10.9. The van der Waals surface area contributed by atoms with Gasteiger partial charge in [-0.1, -0.05) is 20.8 Å². The molecular weight excluding hydrogens is 556 g/mol. The molecule has 1 aromatic carbocycles. The molecule has 0 spiro atoms. The average Bonchev–Trinajstić information content (AvgIpc) is 3.42. The van der Waals surface area contributed by atoms with Crippen molar-refractivity contribution in [2.75, 3.05) is 51.4 Å². The Balaban J connectivity index is 1.48. The van der Waals surface area contributed by atoms with E-state index >= 15 is 0 Å². The van der Waals surface area contributed by atoms with E-state index in [9.17, 15) is 9.59 Å². The van der Waals surface area contributed by atoms with E-state index in [0.717, 1.165) is 98.5 Å². The molecular formula is C35H54N4O5. The monoisotopic (exact) mass is 610 g/mol. The highest BCUT2D eigenvalue weighted by molar-refractivity contribution is 6.09. The third kappa shape index (κ3) is 7.10. The van der Waals surface area contributed by atoms with Crippen molar-refractivity contribution >= 4 is 28.5 Å². The number of benzene rings is 1. The molecule has 2 aromatic rings. The summed E-state index contributed by atoms with van der Waals surface area (Å²) in [7, 11) is 1.64. The third-order valence-corrected chi connectivity index (χ3v) is 10.3. The lowest BCUT2D eigenvalue weighted by molar-refractivity contribution is -0.134. The van der Waals surface area contributed by atoms with Gasteiger partial charge in [0.1, 0.15) is 11.3 Å². The standard InChI is InChI=1S/C35H54N4O5/c1-7-27-30(39(8-2)25-11-15-43-16-12-25)19-32-28(18-26(44-32)21-38-13-9-24(10-14-38)22(3)4)33(27)35(41)36-20-29-31(42-6)17-23(5)37-34(29)40/h18-19,22-25,29,31H,7-17,20-21H2,1-6H3,(H,36,41)(H,37,40). The molecule has 244 valence electrons. The number of nitrogens with one attached hydrogen (secondary N) is 2. The van der Waals surface area contributed by atoms with Crippen LogP contribution < -0.4 is 15.5 Å². The first-order chi connectivity index (χ1) is 21.2. The largest absolute Gasteiger partial charge is 0.460 e. The molecule has 0 radical (unpaired) electrons. The molecule has 3 unspecified atom stereocenters. The van der Waals surface area contributed by atoms with Crippen LogP contribution in [0.3, 0.4) is 0 Å². The molecule has 5 rings (SSSR count). The second-order valence-corrected chi connectivity index (χ2v) is 13.5. The molecule has 9 nitrogen and oxygen atoms in total. The molecule has 3 aliphatic rings. The molecule has 44 heavy (non-hydrogen) atoms. The summed E-state index contributed by atoms with van der Waals surface area (Å²) in [6.45, 7) is 16.4. The number of nitrogens with zero attached hydrogens (tertiary/aromatic N) is 2. The van der Waals surface area contributed by atoms with Crippen LogP contribution in [0.1, 0.15) is 88.4 Å². The smallest absolute Gasteiger partial charge is 0.252 e. The van der Waals surface area contributed by atoms with Crippen LogP contribution >= 0.6 is 0 Å². The fourth-order valence-electron chi connectivity index (χ4n) is 7.70. The lowest BCUT2D eigenvalue weighted by atomic mass is 9.87. The molecule has 0 aliphatic carbocycles. The van der Waals surface area contributed by atoms with Crippen molar-refractivity contribution in [2.24, 2.45) is 17.8 Å². The van der Waals surface area contributed by atoms with Crippen LogP contribution in [0.15, 0.2) is 16.5 Å². The van der Waals surface area contributed by atoms with Crippen LogP contribution in [-0.4, -0.2) is 81.4 Å². The van der Waals surface area contributed by atoms with Gasteiger partial charge in [0.2, 0.25) is 5.91 Å². The van der Waals surface area contributed by atoms with Crippen molar-refractivity contribution in [1.29, 1.82) is 0 Å². The summed E-state index contributed by atoms with van der Waals surface area (Å²) in [6.07, 6.45) is 5.53. The Morgan fingerprint density at radius 3 is 2.52 bits per heavy atom. The van der Waals surface area contributed by atoms with Crippen LogP contribution in [0.2, 0.25) is 0 Å². The highest BCUT2D eigenvalue weighted by atomic mass is 16.5. The topological polar surface area (TPSA) is 96.3 Å². The molecule has 0 saturated carbocycles. The maximum Gasteiger partial charge on any atom is 0.252 e. The molecule has 3 fully saturated rings. The molecule has 3 aliphatic heterocycles. The number of carbonyl (C=O) groups excluding carboxylic acids is 2. The number of piperidine rings is 2. The van der Waals surface area contributed by atoms with E-state index in [0.29, 0.717) is 18.0 Å². The maximum atomic E-state index is 14.2. The Hall–Kier alpha value is -2.62. The quantitative estimate of drug-likeness (QED) is 0.364. The first kappa shape index (κ1) is 32.8. The van der Waals surface area contributed by atoms with Crippen LogP contribution in [0, 0.1) is 17.8 Å². The van der Waals surface area contributed by atoms with E-state index in [1.807, 2.05) is 6.92 Å². The Morgan fingerprint density at radius 1 is 1.16 bits per heavy atom. The van der Waals surface area contributed by atoms with Crippen LogP contribution in [0.4, 0.5) is 5.69 Å². The number of amides is 2. The van der Waals surface area contributed by atoms with Gasteiger partial charge in [0.25, 0.3) is 5.91 Å². The molecule has 2 amide bonds. The van der Waals surface area contributed by atoms with Gasteiger partial charge in [0, 0.05) is 62.6 Å². The third-order valence-electron chi connectivity index (χ3n) is 10.3. The molecule has 3 saturated heterocycles. The highest BCUT2D eigenvalue weighted by Gasteiger charge is 2.36. The van der Waals surface area contributed by atoms with Crippen molar-refractivity contribution in [3.63, 3.8) is 0 Å². The molecule has 3 atom stereocenters. The Bertz CT molecular complexity index is 1280. The number of anilines is 1. The van der Waals surface area contributed by atoms with Gasteiger partial charge < -0.3 is 29.4 Å². The predicted molar refractivity (Wildman–Crippen MR) is 174 cm³/mol. The molecule has 0 bridgehead atoms. The second-order valence-electron chi connectivity index (χ2n) is 13.5. The van der Waals surface area contributed by atoms with Gasteiger partial charge in [-0.25, -0.2) is 0 Å². The fourth-order valence-corrected chi connectivity index (χ4v) is 7.70. The summed E-state index contributed by atoms with van der Waals surface area (Å²) in [5.41, 5.74) is 3.51. The van der Waals surface area contributed by atoms with Crippen molar-refractivity contribution in [2.45, 2.75) is 97.9 Å². The fraction of sp³-hybridized carbons (Fsp3) is 0.714.